The lowest BCUT2D eigenvalue weighted by atomic mass is 10.3. The molecule has 0 atom stereocenters. The smallest absolute Gasteiger partial charge is 0.408 e. The zero-order valence-corrected chi connectivity index (χ0v) is 8.43. The van der Waals surface area contributed by atoms with Crippen molar-refractivity contribution in [1.82, 2.24) is 4.98 Å². The zero-order valence-electron chi connectivity index (χ0n) is 7.61. The van der Waals surface area contributed by atoms with Crippen molar-refractivity contribution >= 4 is 21.1 Å². The van der Waals surface area contributed by atoms with Crippen molar-refractivity contribution in [3.8, 4) is 0 Å². The molecule has 0 aliphatic carbocycles. The van der Waals surface area contributed by atoms with E-state index in [-0.39, 0.29) is 10.5 Å². The number of nitrogens with one attached hydrogen (secondary N) is 1. The Labute approximate surface area is 88.2 Å². The second-order valence-electron chi connectivity index (χ2n) is 2.82. The van der Waals surface area contributed by atoms with Crippen LogP contribution in [0.5, 0.6) is 0 Å². The predicted molar refractivity (Wildman–Crippen MR) is 53.2 cm³/mol. The van der Waals surface area contributed by atoms with Gasteiger partial charge in [0.15, 0.2) is 5.58 Å². The number of azide groups is 1. The first-order chi connectivity index (χ1) is 7.53. The van der Waals surface area contributed by atoms with E-state index in [1.807, 2.05) is 0 Å². The molecule has 1 N–H and O–H groups in total. The van der Waals surface area contributed by atoms with Crippen LogP contribution in [0.15, 0.2) is 36.8 Å². The first-order valence-corrected chi connectivity index (χ1v) is 5.41. The number of benzene rings is 1. The van der Waals surface area contributed by atoms with E-state index in [4.69, 9.17) is 5.53 Å². The fourth-order valence-corrected chi connectivity index (χ4v) is 1.87. The van der Waals surface area contributed by atoms with Crippen LogP contribution in [0.2, 0.25) is 0 Å². The lowest BCUT2D eigenvalue weighted by Crippen LogP contribution is -1.94. The van der Waals surface area contributed by atoms with E-state index >= 15 is 0 Å². The number of nitrogens with zero attached hydrogens (tertiary/aromatic N) is 3. The normalized spacial score (nSPS) is 11.2. The number of aromatic amines is 1. The Morgan fingerprint density at radius 2 is 2.19 bits per heavy atom. The standard InChI is InChI=1S/C7H4N4O4S/c8-10-11-16(13,14)4-1-2-5-6(3-4)15-7(12)9-5/h1-3H,(H,9,12). The molecule has 0 amide bonds. The molecule has 0 saturated carbocycles. The third-order valence-corrected chi connectivity index (χ3v) is 2.97. The van der Waals surface area contributed by atoms with Crippen molar-refractivity contribution in [3.63, 3.8) is 0 Å². The summed E-state index contributed by atoms with van der Waals surface area (Å²) in [6.07, 6.45) is 0. The van der Waals surface area contributed by atoms with Gasteiger partial charge < -0.3 is 4.42 Å². The number of fused-ring (bicyclic) bond motifs is 1. The molecule has 1 aromatic heterocycles. The maximum Gasteiger partial charge on any atom is 0.417 e. The molecule has 0 spiro atoms. The summed E-state index contributed by atoms with van der Waals surface area (Å²) in [4.78, 5) is 15.1. The van der Waals surface area contributed by atoms with E-state index in [9.17, 15) is 13.2 Å². The van der Waals surface area contributed by atoms with Gasteiger partial charge in [0, 0.05) is 15.5 Å². The maximum absolute atomic E-state index is 11.3. The summed E-state index contributed by atoms with van der Waals surface area (Å²) in [5, 5.41) is 0. The van der Waals surface area contributed by atoms with Crippen LogP contribution in [-0.4, -0.2) is 13.4 Å². The van der Waals surface area contributed by atoms with Crippen molar-refractivity contribution in [1.29, 1.82) is 0 Å². The fraction of sp³-hybridized carbons (Fsp3) is 0. The summed E-state index contributed by atoms with van der Waals surface area (Å²) >= 11 is 0. The Morgan fingerprint density at radius 3 is 2.88 bits per heavy atom. The Morgan fingerprint density at radius 1 is 1.44 bits per heavy atom. The third-order valence-electron chi connectivity index (χ3n) is 1.83. The number of H-pyrrole nitrogens is 1. The molecule has 0 aliphatic heterocycles. The highest BCUT2D eigenvalue weighted by Crippen LogP contribution is 2.18. The second kappa shape index (κ2) is 3.40. The summed E-state index contributed by atoms with van der Waals surface area (Å²) in [6.45, 7) is 0. The van der Waals surface area contributed by atoms with Gasteiger partial charge in [0.25, 0.3) is 10.0 Å². The van der Waals surface area contributed by atoms with Gasteiger partial charge in [0.2, 0.25) is 0 Å². The van der Waals surface area contributed by atoms with E-state index in [2.05, 4.69) is 18.8 Å². The minimum absolute atomic E-state index is 0.0826. The Balaban J connectivity index is 2.72. The van der Waals surface area contributed by atoms with Crippen LogP contribution in [0.4, 0.5) is 0 Å². The van der Waals surface area contributed by atoms with Gasteiger partial charge in [-0.15, -0.1) is 0 Å². The van der Waals surface area contributed by atoms with Gasteiger partial charge in [-0.1, -0.05) is 0 Å². The topological polar surface area (TPSA) is 129 Å². The first-order valence-electron chi connectivity index (χ1n) is 3.97. The molecule has 8 nitrogen and oxygen atoms in total. The number of rotatable bonds is 2. The van der Waals surface area contributed by atoms with E-state index < -0.39 is 15.8 Å². The monoisotopic (exact) mass is 240 g/mol. The highest BCUT2D eigenvalue weighted by atomic mass is 32.2. The minimum Gasteiger partial charge on any atom is -0.408 e. The molecule has 0 saturated heterocycles. The molecule has 2 rings (SSSR count). The van der Waals surface area contributed by atoms with Gasteiger partial charge >= 0.3 is 5.76 Å². The molecule has 9 heteroatoms. The number of aromatic nitrogens is 1. The van der Waals surface area contributed by atoms with Gasteiger partial charge in [-0.2, -0.15) is 0 Å². The van der Waals surface area contributed by atoms with Crippen molar-refractivity contribution in [2.45, 2.75) is 4.90 Å². The van der Waals surface area contributed by atoms with Crippen LogP contribution in [0.1, 0.15) is 0 Å². The molecule has 0 fully saturated rings. The SMILES string of the molecule is [N-]=[N+]=NS(=O)(=O)c1ccc2[nH]c(=O)oc2c1. The van der Waals surface area contributed by atoms with Gasteiger partial charge in [-0.3, -0.25) is 4.98 Å². The summed E-state index contributed by atoms with van der Waals surface area (Å²) in [5.41, 5.74) is 8.53. The summed E-state index contributed by atoms with van der Waals surface area (Å²) in [5.74, 6) is -0.687. The number of oxazole rings is 1. The highest BCUT2D eigenvalue weighted by molar-refractivity contribution is 7.90. The number of sulfonamides is 1. The predicted octanol–water partition coefficient (Wildman–Crippen LogP) is 1.12. The average molecular weight is 240 g/mol. The van der Waals surface area contributed by atoms with Crippen molar-refractivity contribution in [2.75, 3.05) is 0 Å². The molecule has 1 heterocycles. The Bertz CT molecular complexity index is 750. The molecule has 0 unspecified atom stereocenters. The van der Waals surface area contributed by atoms with Gasteiger partial charge in [0.1, 0.15) is 0 Å². The average Bonchev–Trinajstić information content (AvgIpc) is 2.56. The highest BCUT2D eigenvalue weighted by Gasteiger charge is 2.13. The molecule has 1 aromatic carbocycles. The van der Waals surface area contributed by atoms with Crippen LogP contribution in [0.25, 0.3) is 21.5 Å². The molecule has 82 valence electrons. The van der Waals surface area contributed by atoms with Crippen molar-refractivity contribution in [3.05, 3.63) is 39.2 Å². The quantitative estimate of drug-likeness (QED) is 0.478. The lowest BCUT2D eigenvalue weighted by molar-refractivity contribution is 0.554. The van der Waals surface area contributed by atoms with Crippen LogP contribution in [0.3, 0.4) is 0 Å². The number of hydrogen-bond acceptors (Lipinski definition) is 4. The van der Waals surface area contributed by atoms with E-state index in [0.717, 1.165) is 6.07 Å². The van der Waals surface area contributed by atoms with Gasteiger partial charge in [0.05, 0.1) is 10.4 Å². The fourth-order valence-electron chi connectivity index (χ4n) is 1.18. The van der Waals surface area contributed by atoms with Crippen LogP contribution < -0.4 is 5.76 Å². The number of hydrogen-bond donors (Lipinski definition) is 1. The second-order valence-corrected chi connectivity index (χ2v) is 4.40. The third kappa shape index (κ3) is 1.64. The molecule has 0 radical (unpaired) electrons. The van der Waals surface area contributed by atoms with E-state index in [1.54, 1.807) is 0 Å². The maximum atomic E-state index is 11.3. The van der Waals surface area contributed by atoms with Crippen LogP contribution >= 0.6 is 0 Å². The lowest BCUT2D eigenvalue weighted by Gasteiger charge is -1.95. The molecule has 0 bridgehead atoms. The van der Waals surface area contributed by atoms with Gasteiger partial charge in [-0.25, -0.2) is 13.2 Å². The summed E-state index contributed by atoms with van der Waals surface area (Å²) in [6, 6.07) is 3.66. The van der Waals surface area contributed by atoms with Crippen LogP contribution in [0, 0.1) is 0 Å². The molecular weight excluding hydrogens is 236 g/mol. The first kappa shape index (κ1) is 10.3. The largest absolute Gasteiger partial charge is 0.417 e. The van der Waals surface area contributed by atoms with Crippen LogP contribution in [-0.2, 0) is 10.0 Å². The Kier molecular flexibility index (Phi) is 2.18. The molecule has 2 aromatic rings. The van der Waals surface area contributed by atoms with Crippen molar-refractivity contribution in [2.24, 2.45) is 4.52 Å². The van der Waals surface area contributed by atoms with E-state index in [1.165, 1.54) is 12.1 Å². The summed E-state index contributed by atoms with van der Waals surface area (Å²) < 4.78 is 30.0. The molecule has 0 aliphatic rings. The molecule has 16 heavy (non-hydrogen) atoms. The zero-order chi connectivity index (χ0) is 11.8. The summed E-state index contributed by atoms with van der Waals surface area (Å²) in [7, 11) is -4.06. The van der Waals surface area contributed by atoms with Crippen molar-refractivity contribution < 1.29 is 12.8 Å². The Hall–Kier alpha value is -2.25. The van der Waals surface area contributed by atoms with Gasteiger partial charge in [-0.05, 0) is 17.7 Å². The minimum atomic E-state index is -4.06. The van der Waals surface area contributed by atoms with E-state index in [0.29, 0.717) is 5.52 Å². The molecular formula is C7H4N4O4S.